The number of hydrogen-bond acceptors (Lipinski definition) is 25. The number of nitrogens with zero attached hydrogens (tertiary/aromatic N) is 12. The summed E-state index contributed by atoms with van der Waals surface area (Å²) in [5, 5.41) is 25.0. The fraction of sp³-hybridized carbons (Fsp3) is 0.571. The molecule has 21 nitrogen and oxygen atoms in total. The second kappa shape index (κ2) is 23.5. The molecule has 0 amide bonds. The topological polar surface area (TPSA) is 291 Å². The molecule has 11 N–H and O–H groups in total. The van der Waals surface area contributed by atoms with E-state index < -0.39 is 0 Å². The van der Waals surface area contributed by atoms with Gasteiger partial charge in [-0.25, -0.2) is 0 Å². The van der Waals surface area contributed by atoms with Gasteiger partial charge in [0.05, 0.1) is 0 Å². The molecule has 0 unspecified atom stereocenters. The van der Waals surface area contributed by atoms with Crippen molar-refractivity contribution in [2.75, 3.05) is 118 Å². The smallest absolute Gasteiger partial charge is 0.228 e. The number of nitrogens with one attached hydrogen (secondary N) is 7. The minimum absolute atomic E-state index is 0.177. The van der Waals surface area contributed by atoms with Crippen LogP contribution >= 0.6 is 47.0 Å². The van der Waals surface area contributed by atoms with Crippen molar-refractivity contribution < 1.29 is 0 Å². The van der Waals surface area contributed by atoms with Crippen molar-refractivity contribution >= 4 is 94.6 Å². The lowest BCUT2D eigenvalue weighted by molar-refractivity contribution is 0.863. The molecule has 25 heteroatoms. The van der Waals surface area contributed by atoms with Crippen molar-refractivity contribution in [3.63, 3.8) is 0 Å². The molecule has 0 aliphatic carbocycles. The van der Waals surface area contributed by atoms with Gasteiger partial charge in [-0.05, 0) is 23.0 Å². The van der Waals surface area contributed by atoms with Crippen LogP contribution < -0.4 is 48.7 Å². The third-order valence-electron chi connectivity index (χ3n) is 6.07. The number of hydrogen-bond donors (Lipinski definition) is 9. The number of aromatic nitrogens is 12. The van der Waals surface area contributed by atoms with Gasteiger partial charge >= 0.3 is 0 Å². The molecule has 0 radical (unpaired) electrons. The average molecular weight is 806 g/mol. The lowest BCUT2D eigenvalue weighted by Gasteiger charge is -2.12. The average Bonchev–Trinajstić information content (AvgIpc) is 3.13. The summed E-state index contributed by atoms with van der Waals surface area (Å²) in [6, 6.07) is 0. The maximum absolute atomic E-state index is 5.82. The molecule has 4 aromatic rings. The summed E-state index contributed by atoms with van der Waals surface area (Å²) in [4.78, 5) is 53.3. The summed E-state index contributed by atoms with van der Waals surface area (Å²) in [6.45, 7) is 12.3. The van der Waals surface area contributed by atoms with Crippen LogP contribution in [0.2, 0.25) is 0 Å². The monoisotopic (exact) mass is 805 g/mol. The molecule has 4 aromatic heterocycles. The lowest BCUT2D eigenvalue weighted by Crippen LogP contribution is -2.21. The van der Waals surface area contributed by atoms with Crippen molar-refractivity contribution in [2.24, 2.45) is 5.73 Å². The van der Waals surface area contributed by atoms with Crippen molar-refractivity contribution in [3.05, 3.63) is 0 Å². The fourth-order valence-corrected chi connectivity index (χ4v) is 6.25. The Morgan fingerprint density at radius 2 is 0.604 bits per heavy atom. The molecule has 0 aliphatic rings. The summed E-state index contributed by atoms with van der Waals surface area (Å²) in [6.07, 6.45) is 0. The predicted octanol–water partition coefficient (Wildman–Crippen LogP) is 2.40. The summed E-state index contributed by atoms with van der Waals surface area (Å²) in [5.74, 6) is 6.70. The molecule has 0 saturated heterocycles. The molecule has 0 aliphatic heterocycles. The molecule has 0 saturated carbocycles. The Hall–Kier alpha value is -4.20. The first-order valence-electron chi connectivity index (χ1n) is 17.1. The highest BCUT2D eigenvalue weighted by Gasteiger charge is 2.11. The van der Waals surface area contributed by atoms with Gasteiger partial charge in [-0.1, -0.05) is 74.7 Å². The summed E-state index contributed by atoms with van der Waals surface area (Å²) >= 11 is 6.10. The number of nitrogens with two attached hydrogens (primary N) is 2. The van der Waals surface area contributed by atoms with Crippen LogP contribution in [0, 0.1) is 0 Å². The highest BCUT2D eigenvalue weighted by Crippen LogP contribution is 2.19. The molecule has 0 bridgehead atoms. The first kappa shape index (κ1) is 41.6. The van der Waals surface area contributed by atoms with Gasteiger partial charge in [-0.2, -0.15) is 59.8 Å². The van der Waals surface area contributed by atoms with E-state index in [1.807, 2.05) is 27.7 Å². The highest BCUT2D eigenvalue weighted by atomic mass is 32.2. The van der Waals surface area contributed by atoms with E-state index >= 15 is 0 Å². The molecule has 0 atom stereocenters. The Morgan fingerprint density at radius 3 is 0.868 bits per heavy atom. The quantitative estimate of drug-likeness (QED) is 0.0325. The normalized spacial score (nSPS) is 10.9. The van der Waals surface area contributed by atoms with Crippen LogP contribution in [0.3, 0.4) is 0 Å². The van der Waals surface area contributed by atoms with Crippen molar-refractivity contribution in [3.8, 4) is 0 Å². The first-order chi connectivity index (χ1) is 25.9. The van der Waals surface area contributed by atoms with Crippen molar-refractivity contribution in [1.29, 1.82) is 0 Å². The van der Waals surface area contributed by atoms with E-state index in [2.05, 4.69) is 97.0 Å². The largest absolute Gasteiger partial charge is 0.368 e. The third kappa shape index (κ3) is 15.4. The van der Waals surface area contributed by atoms with Gasteiger partial charge in [0.25, 0.3) is 0 Å². The number of anilines is 8. The fourth-order valence-electron chi connectivity index (χ4n) is 4.00. The zero-order valence-corrected chi connectivity index (χ0v) is 33.4. The van der Waals surface area contributed by atoms with E-state index in [1.165, 1.54) is 35.3 Å². The molecule has 4 rings (SSSR count). The van der Waals surface area contributed by atoms with Crippen LogP contribution in [-0.2, 0) is 0 Å². The Labute approximate surface area is 325 Å². The van der Waals surface area contributed by atoms with Crippen LogP contribution in [0.1, 0.15) is 27.7 Å². The number of nitrogen functional groups attached to an aromatic ring is 1. The van der Waals surface area contributed by atoms with E-state index in [1.54, 1.807) is 11.8 Å². The van der Waals surface area contributed by atoms with Gasteiger partial charge in [0, 0.05) is 52.4 Å². The number of rotatable bonds is 26. The molecule has 53 heavy (non-hydrogen) atoms. The van der Waals surface area contributed by atoms with E-state index in [0.717, 1.165) is 23.0 Å². The van der Waals surface area contributed by atoms with Gasteiger partial charge in [0.1, 0.15) is 0 Å². The maximum Gasteiger partial charge on any atom is 0.228 e. The summed E-state index contributed by atoms with van der Waals surface area (Å²) < 4.78 is 0. The van der Waals surface area contributed by atoms with Gasteiger partial charge in [0.15, 0.2) is 20.6 Å². The van der Waals surface area contributed by atoms with Crippen LogP contribution in [0.25, 0.3) is 0 Å². The van der Waals surface area contributed by atoms with Gasteiger partial charge in [-0.3, -0.25) is 0 Å². The van der Waals surface area contributed by atoms with Crippen LogP contribution in [0.4, 0.5) is 47.6 Å². The van der Waals surface area contributed by atoms with E-state index in [-0.39, 0.29) is 5.95 Å². The standard InChI is InChI=1S/C28H47N21S4/c1-5-50-25-39-17(30)38-18(43-25)32-11-12-33-21-41-22(47-27(46-21)52-7-3)36-15-16-37-24-42-23(48-28(49-24)53-8-4)35-14-13-34-20-40-19(31-10-9-29)44-26(45-20)51-6-2/h5-16,29H2,1-4H3,(H3,30,32,38,39,43)(H2,31,34,40,44,45)(H2,33,36,41,46,47)(H2,35,37,42,48,49). The van der Waals surface area contributed by atoms with Gasteiger partial charge < -0.3 is 48.7 Å². The minimum atomic E-state index is 0.177. The zero-order valence-electron chi connectivity index (χ0n) is 30.1. The van der Waals surface area contributed by atoms with Crippen LogP contribution in [0.5, 0.6) is 0 Å². The van der Waals surface area contributed by atoms with E-state index in [0.29, 0.717) is 115 Å². The Morgan fingerprint density at radius 1 is 0.358 bits per heavy atom. The maximum atomic E-state index is 5.82. The minimum Gasteiger partial charge on any atom is -0.368 e. The van der Waals surface area contributed by atoms with Gasteiger partial charge in [-0.15, -0.1) is 0 Å². The molecular weight excluding hydrogens is 759 g/mol. The van der Waals surface area contributed by atoms with Crippen LogP contribution in [0.15, 0.2) is 20.6 Å². The second-order valence-corrected chi connectivity index (χ2v) is 15.0. The zero-order chi connectivity index (χ0) is 37.7. The molecular formula is C28H47N21S4. The Kier molecular flexibility index (Phi) is 18.4. The van der Waals surface area contributed by atoms with Gasteiger partial charge in [0.2, 0.25) is 47.6 Å². The van der Waals surface area contributed by atoms with Crippen molar-refractivity contribution in [2.45, 2.75) is 48.3 Å². The van der Waals surface area contributed by atoms with E-state index in [4.69, 9.17) is 11.5 Å². The first-order valence-corrected chi connectivity index (χ1v) is 21.0. The Balaban J connectivity index is 1.27. The Bertz CT molecular complexity index is 1690. The SMILES string of the molecule is CCSc1nc(N)nc(NCCNc2nc(NCCNc3nc(NCCNc4nc(NCCN)nc(SCC)n4)nc(SCC)n3)nc(SCC)n2)n1. The molecule has 0 aromatic carbocycles. The van der Waals surface area contributed by atoms with E-state index in [9.17, 15) is 0 Å². The molecule has 4 heterocycles. The van der Waals surface area contributed by atoms with Crippen LogP contribution in [-0.4, -0.2) is 135 Å². The third-order valence-corrected chi connectivity index (χ3v) is 8.99. The summed E-state index contributed by atoms with van der Waals surface area (Å²) in [5.41, 5.74) is 11.4. The predicted molar refractivity (Wildman–Crippen MR) is 218 cm³/mol. The molecule has 0 spiro atoms. The molecule has 288 valence electrons. The number of thioether (sulfide) groups is 4. The van der Waals surface area contributed by atoms with Crippen molar-refractivity contribution in [1.82, 2.24) is 59.8 Å². The second-order valence-electron chi connectivity index (χ2n) is 10.1. The summed E-state index contributed by atoms with van der Waals surface area (Å²) in [7, 11) is 0. The lowest BCUT2D eigenvalue weighted by atomic mass is 10.6. The highest BCUT2D eigenvalue weighted by molar-refractivity contribution is 7.99. The molecule has 0 fully saturated rings.